The van der Waals surface area contributed by atoms with Crippen LogP contribution in [0.15, 0.2) is 23.1 Å². The van der Waals surface area contributed by atoms with Crippen LogP contribution in [0, 0.1) is 5.92 Å². The highest BCUT2D eigenvalue weighted by Crippen LogP contribution is 2.27. The first-order valence-electron chi connectivity index (χ1n) is 6.50. The summed E-state index contributed by atoms with van der Waals surface area (Å²) in [5.41, 5.74) is 0. The Morgan fingerprint density at radius 2 is 1.80 bits per heavy atom. The van der Waals surface area contributed by atoms with Gasteiger partial charge in [0.2, 0.25) is 10.0 Å². The molecule has 7 heteroatoms. The van der Waals surface area contributed by atoms with Crippen molar-refractivity contribution in [1.82, 2.24) is 4.72 Å². The molecule has 0 atom stereocenters. The van der Waals surface area contributed by atoms with E-state index in [1.54, 1.807) is 0 Å². The van der Waals surface area contributed by atoms with Gasteiger partial charge in [0.1, 0.15) is 0 Å². The van der Waals surface area contributed by atoms with Crippen LogP contribution in [0.5, 0.6) is 0 Å². The van der Waals surface area contributed by atoms with E-state index in [1.807, 2.05) is 0 Å². The molecule has 2 N–H and O–H groups in total. The minimum absolute atomic E-state index is 0.0859. The van der Waals surface area contributed by atoms with E-state index in [4.69, 9.17) is 28.3 Å². The third kappa shape index (κ3) is 3.86. The van der Waals surface area contributed by atoms with Gasteiger partial charge in [-0.15, -0.1) is 0 Å². The average Bonchev–Trinajstić information content (AvgIpc) is 2.42. The fourth-order valence-electron chi connectivity index (χ4n) is 2.39. The van der Waals surface area contributed by atoms with Crippen LogP contribution in [-0.2, 0) is 10.0 Å². The van der Waals surface area contributed by atoms with Crippen LogP contribution in [0.25, 0.3) is 0 Å². The van der Waals surface area contributed by atoms with Crippen molar-refractivity contribution in [1.29, 1.82) is 0 Å². The Bertz CT molecular complexity index is 569. The van der Waals surface area contributed by atoms with Crippen LogP contribution in [0.4, 0.5) is 0 Å². The van der Waals surface area contributed by atoms with E-state index >= 15 is 0 Å². The zero-order valence-corrected chi connectivity index (χ0v) is 13.2. The summed E-state index contributed by atoms with van der Waals surface area (Å²) < 4.78 is 27.2. The molecule has 0 unspecified atom stereocenters. The molecule has 4 nitrogen and oxygen atoms in total. The number of benzene rings is 1. The van der Waals surface area contributed by atoms with Gasteiger partial charge >= 0.3 is 0 Å². The molecule has 20 heavy (non-hydrogen) atoms. The van der Waals surface area contributed by atoms with E-state index in [1.165, 1.54) is 18.2 Å². The van der Waals surface area contributed by atoms with Crippen molar-refractivity contribution in [2.45, 2.75) is 36.6 Å². The molecule has 112 valence electrons. The van der Waals surface area contributed by atoms with Crippen LogP contribution >= 0.6 is 23.2 Å². The number of aliphatic hydroxyl groups is 1. The van der Waals surface area contributed by atoms with Gasteiger partial charge in [-0.05, 0) is 49.8 Å². The lowest BCUT2D eigenvalue weighted by atomic mass is 9.87. The highest BCUT2D eigenvalue weighted by molar-refractivity contribution is 7.89. The molecule has 0 amide bonds. The van der Waals surface area contributed by atoms with Crippen LogP contribution in [0.3, 0.4) is 0 Å². The SMILES string of the molecule is O=S(=O)(NC1CCC(CO)CC1)c1ccc(Cl)c(Cl)c1. The van der Waals surface area contributed by atoms with Gasteiger partial charge in [0.25, 0.3) is 0 Å². The summed E-state index contributed by atoms with van der Waals surface area (Å²) in [6, 6.07) is 4.18. The Hall–Kier alpha value is -0.330. The zero-order chi connectivity index (χ0) is 14.8. The normalized spacial score (nSPS) is 23.8. The summed E-state index contributed by atoms with van der Waals surface area (Å²) in [5.74, 6) is 0.292. The Balaban J connectivity index is 2.06. The van der Waals surface area contributed by atoms with E-state index in [2.05, 4.69) is 4.72 Å². The highest BCUT2D eigenvalue weighted by Gasteiger charge is 2.25. The molecule has 0 spiro atoms. The van der Waals surface area contributed by atoms with E-state index in [9.17, 15) is 8.42 Å². The lowest BCUT2D eigenvalue weighted by Gasteiger charge is -2.27. The minimum atomic E-state index is -3.58. The molecule has 2 rings (SSSR count). The van der Waals surface area contributed by atoms with Crippen molar-refractivity contribution in [2.75, 3.05) is 6.61 Å². The molecular formula is C13H17Cl2NO3S. The number of aliphatic hydroxyl groups excluding tert-OH is 1. The summed E-state index contributed by atoms with van der Waals surface area (Å²) >= 11 is 11.6. The monoisotopic (exact) mass is 337 g/mol. The van der Waals surface area contributed by atoms with Gasteiger partial charge in [0.05, 0.1) is 14.9 Å². The highest BCUT2D eigenvalue weighted by atomic mass is 35.5. The summed E-state index contributed by atoms with van der Waals surface area (Å²) in [7, 11) is -3.58. The van der Waals surface area contributed by atoms with Crippen molar-refractivity contribution in [3.63, 3.8) is 0 Å². The number of sulfonamides is 1. The maximum Gasteiger partial charge on any atom is 0.240 e. The van der Waals surface area contributed by atoms with Crippen LogP contribution in [0.2, 0.25) is 10.0 Å². The van der Waals surface area contributed by atoms with Crippen molar-refractivity contribution >= 4 is 33.2 Å². The molecule has 1 aromatic rings. The Morgan fingerprint density at radius 1 is 1.15 bits per heavy atom. The molecular weight excluding hydrogens is 321 g/mol. The van der Waals surface area contributed by atoms with E-state index in [0.717, 1.165) is 25.7 Å². The Labute approximate surface area is 129 Å². The van der Waals surface area contributed by atoms with Gasteiger partial charge in [-0.2, -0.15) is 0 Å². The fraction of sp³-hybridized carbons (Fsp3) is 0.538. The van der Waals surface area contributed by atoms with Crippen molar-refractivity contribution in [3.8, 4) is 0 Å². The van der Waals surface area contributed by atoms with Gasteiger partial charge in [0.15, 0.2) is 0 Å². The number of halogens is 2. The van der Waals surface area contributed by atoms with E-state index in [0.29, 0.717) is 10.9 Å². The standard InChI is InChI=1S/C13H17Cl2NO3S/c14-12-6-5-11(7-13(12)15)20(18,19)16-10-3-1-9(8-17)2-4-10/h5-7,9-10,16-17H,1-4,8H2. The molecule has 1 aliphatic rings. The van der Waals surface area contributed by atoms with Crippen LogP contribution in [0.1, 0.15) is 25.7 Å². The topological polar surface area (TPSA) is 66.4 Å². The summed E-state index contributed by atoms with van der Waals surface area (Å²) in [6.45, 7) is 0.173. The molecule has 0 aromatic heterocycles. The molecule has 0 heterocycles. The lowest BCUT2D eigenvalue weighted by molar-refractivity contribution is 0.180. The third-order valence-electron chi connectivity index (χ3n) is 3.63. The molecule has 0 radical (unpaired) electrons. The summed E-state index contributed by atoms with van der Waals surface area (Å²) in [6.07, 6.45) is 3.16. The molecule has 0 bridgehead atoms. The predicted octanol–water partition coefficient (Wildman–Crippen LogP) is 2.82. The Morgan fingerprint density at radius 3 is 2.35 bits per heavy atom. The zero-order valence-electron chi connectivity index (χ0n) is 10.9. The number of nitrogens with one attached hydrogen (secondary N) is 1. The molecule has 1 aromatic carbocycles. The van der Waals surface area contributed by atoms with Crippen molar-refractivity contribution in [3.05, 3.63) is 28.2 Å². The predicted molar refractivity (Wildman–Crippen MR) is 79.6 cm³/mol. The molecule has 1 saturated carbocycles. The second kappa shape index (κ2) is 6.62. The third-order valence-corrected chi connectivity index (χ3v) is 5.89. The first kappa shape index (κ1) is 16.0. The summed E-state index contributed by atoms with van der Waals surface area (Å²) in [4.78, 5) is 0.121. The number of hydrogen-bond acceptors (Lipinski definition) is 3. The second-order valence-corrected chi connectivity index (χ2v) is 7.63. The largest absolute Gasteiger partial charge is 0.396 e. The van der Waals surface area contributed by atoms with Crippen LogP contribution < -0.4 is 4.72 Å². The van der Waals surface area contributed by atoms with Crippen LogP contribution in [-0.4, -0.2) is 26.2 Å². The molecule has 0 aliphatic heterocycles. The quantitative estimate of drug-likeness (QED) is 0.887. The summed E-state index contributed by atoms with van der Waals surface area (Å²) in [5, 5.41) is 9.63. The van der Waals surface area contributed by atoms with Crippen molar-refractivity contribution in [2.24, 2.45) is 5.92 Å². The second-order valence-electron chi connectivity index (χ2n) is 5.10. The number of rotatable bonds is 4. The van der Waals surface area contributed by atoms with Gasteiger partial charge in [-0.1, -0.05) is 23.2 Å². The molecule has 1 aliphatic carbocycles. The van der Waals surface area contributed by atoms with E-state index < -0.39 is 10.0 Å². The number of hydrogen-bond donors (Lipinski definition) is 2. The first-order chi connectivity index (χ1) is 9.42. The van der Waals surface area contributed by atoms with Gasteiger partial charge < -0.3 is 5.11 Å². The smallest absolute Gasteiger partial charge is 0.240 e. The average molecular weight is 338 g/mol. The molecule has 0 saturated heterocycles. The maximum absolute atomic E-state index is 12.3. The maximum atomic E-state index is 12.3. The molecule has 1 fully saturated rings. The van der Waals surface area contributed by atoms with Gasteiger partial charge in [-0.3, -0.25) is 0 Å². The van der Waals surface area contributed by atoms with Gasteiger partial charge in [0, 0.05) is 12.6 Å². The fourth-order valence-corrected chi connectivity index (χ4v) is 4.09. The first-order valence-corrected chi connectivity index (χ1v) is 8.74. The van der Waals surface area contributed by atoms with Crippen molar-refractivity contribution < 1.29 is 13.5 Å². The Kier molecular flexibility index (Phi) is 5.31. The lowest BCUT2D eigenvalue weighted by Crippen LogP contribution is -2.38. The minimum Gasteiger partial charge on any atom is -0.396 e. The van der Waals surface area contributed by atoms with E-state index in [-0.39, 0.29) is 22.6 Å². The van der Waals surface area contributed by atoms with Gasteiger partial charge in [-0.25, -0.2) is 13.1 Å².